The molecular formula is C17H23N3O2S. The van der Waals surface area contributed by atoms with Gasteiger partial charge in [0.15, 0.2) is 0 Å². The second kappa shape index (κ2) is 7.75. The molecule has 1 unspecified atom stereocenters. The molecule has 23 heavy (non-hydrogen) atoms. The van der Waals surface area contributed by atoms with E-state index in [1.807, 2.05) is 17.5 Å². The number of carbonyl (C=O) groups is 1. The molecular weight excluding hydrogens is 310 g/mol. The fraction of sp³-hybridized carbons (Fsp3) is 0.529. The van der Waals surface area contributed by atoms with Gasteiger partial charge >= 0.3 is 0 Å². The van der Waals surface area contributed by atoms with Crippen LogP contribution in [0.2, 0.25) is 0 Å². The molecule has 3 rings (SSSR count). The first-order valence-corrected chi connectivity index (χ1v) is 9.06. The highest BCUT2D eigenvalue weighted by Gasteiger charge is 2.22. The van der Waals surface area contributed by atoms with E-state index in [1.165, 1.54) is 12.8 Å². The molecule has 0 saturated carbocycles. The predicted octanol–water partition coefficient (Wildman–Crippen LogP) is 3.05. The Labute approximate surface area is 140 Å². The number of nitrogens with zero attached hydrogens (tertiary/aromatic N) is 1. The van der Waals surface area contributed by atoms with Gasteiger partial charge in [0.2, 0.25) is 11.8 Å². The Kier molecular flexibility index (Phi) is 5.46. The SMILES string of the molecule is CC(CC(=O)NCc1coc(-c2cccs2)n1)C1CCNCC1. The summed E-state index contributed by atoms with van der Waals surface area (Å²) in [5.41, 5.74) is 0.760. The molecule has 1 fully saturated rings. The number of piperidine rings is 1. The average molecular weight is 333 g/mol. The fourth-order valence-electron chi connectivity index (χ4n) is 3.04. The van der Waals surface area contributed by atoms with Crippen LogP contribution in [0.15, 0.2) is 28.2 Å². The van der Waals surface area contributed by atoms with Crippen LogP contribution in [-0.4, -0.2) is 24.0 Å². The van der Waals surface area contributed by atoms with Gasteiger partial charge in [-0.2, -0.15) is 0 Å². The molecule has 1 aliphatic rings. The summed E-state index contributed by atoms with van der Waals surface area (Å²) in [7, 11) is 0. The molecule has 1 amide bonds. The van der Waals surface area contributed by atoms with Crippen LogP contribution in [0.3, 0.4) is 0 Å². The number of amides is 1. The third-order valence-electron chi connectivity index (χ3n) is 4.45. The second-order valence-electron chi connectivity index (χ2n) is 6.17. The summed E-state index contributed by atoms with van der Waals surface area (Å²) in [5.74, 6) is 1.79. The average Bonchev–Trinajstić information content (AvgIpc) is 3.25. The first kappa shape index (κ1) is 16.2. The number of thiophene rings is 1. The van der Waals surface area contributed by atoms with Crippen LogP contribution < -0.4 is 10.6 Å². The maximum atomic E-state index is 12.1. The Balaban J connectivity index is 1.45. The van der Waals surface area contributed by atoms with Gasteiger partial charge in [-0.1, -0.05) is 13.0 Å². The van der Waals surface area contributed by atoms with Crippen LogP contribution in [0.25, 0.3) is 10.8 Å². The van der Waals surface area contributed by atoms with E-state index < -0.39 is 0 Å². The summed E-state index contributed by atoms with van der Waals surface area (Å²) >= 11 is 1.59. The van der Waals surface area contributed by atoms with Gasteiger partial charge in [-0.3, -0.25) is 4.79 Å². The molecule has 1 aliphatic heterocycles. The van der Waals surface area contributed by atoms with Gasteiger partial charge in [0.1, 0.15) is 6.26 Å². The third-order valence-corrected chi connectivity index (χ3v) is 5.30. The quantitative estimate of drug-likeness (QED) is 0.853. The van der Waals surface area contributed by atoms with Crippen molar-refractivity contribution in [2.24, 2.45) is 11.8 Å². The van der Waals surface area contributed by atoms with Gasteiger partial charge in [0.25, 0.3) is 0 Å². The lowest BCUT2D eigenvalue weighted by atomic mass is 9.84. The van der Waals surface area contributed by atoms with Crippen LogP contribution in [0.4, 0.5) is 0 Å². The largest absolute Gasteiger partial charge is 0.443 e. The number of rotatable bonds is 6. The van der Waals surface area contributed by atoms with E-state index >= 15 is 0 Å². The Morgan fingerprint density at radius 3 is 3.09 bits per heavy atom. The Morgan fingerprint density at radius 1 is 1.52 bits per heavy atom. The molecule has 1 atom stereocenters. The topological polar surface area (TPSA) is 67.2 Å². The maximum Gasteiger partial charge on any atom is 0.236 e. The molecule has 124 valence electrons. The molecule has 0 bridgehead atoms. The lowest BCUT2D eigenvalue weighted by Crippen LogP contribution is -2.33. The smallest absolute Gasteiger partial charge is 0.236 e. The van der Waals surface area contributed by atoms with E-state index in [4.69, 9.17) is 4.42 Å². The number of hydrogen-bond acceptors (Lipinski definition) is 5. The molecule has 0 radical (unpaired) electrons. The molecule has 2 aromatic heterocycles. The van der Waals surface area contributed by atoms with Crippen molar-refractivity contribution in [3.63, 3.8) is 0 Å². The molecule has 3 heterocycles. The van der Waals surface area contributed by atoms with Gasteiger partial charge in [0, 0.05) is 6.42 Å². The van der Waals surface area contributed by atoms with Crippen molar-refractivity contribution in [1.82, 2.24) is 15.6 Å². The van der Waals surface area contributed by atoms with Crippen LogP contribution in [0.1, 0.15) is 31.9 Å². The zero-order valence-electron chi connectivity index (χ0n) is 13.4. The van der Waals surface area contributed by atoms with Crippen LogP contribution in [0, 0.1) is 11.8 Å². The molecule has 2 N–H and O–H groups in total. The summed E-state index contributed by atoms with van der Waals surface area (Å²) in [6.45, 7) is 4.75. The highest BCUT2D eigenvalue weighted by atomic mass is 32.1. The van der Waals surface area contributed by atoms with Gasteiger partial charge in [-0.05, 0) is 49.2 Å². The van der Waals surface area contributed by atoms with E-state index in [0.717, 1.165) is 23.7 Å². The summed E-state index contributed by atoms with van der Waals surface area (Å²) in [6, 6.07) is 3.94. The maximum absolute atomic E-state index is 12.1. The van der Waals surface area contributed by atoms with E-state index in [2.05, 4.69) is 22.5 Å². The molecule has 0 spiro atoms. The minimum absolute atomic E-state index is 0.0942. The fourth-order valence-corrected chi connectivity index (χ4v) is 3.69. The third kappa shape index (κ3) is 4.42. The highest BCUT2D eigenvalue weighted by Crippen LogP contribution is 2.25. The summed E-state index contributed by atoms with van der Waals surface area (Å²) in [5, 5.41) is 8.31. The first-order chi connectivity index (χ1) is 11.2. The molecule has 0 aliphatic carbocycles. The Hall–Kier alpha value is -1.66. The lowest BCUT2D eigenvalue weighted by molar-refractivity contribution is -0.122. The normalized spacial score (nSPS) is 17.1. The monoisotopic (exact) mass is 333 g/mol. The van der Waals surface area contributed by atoms with Crippen molar-refractivity contribution in [1.29, 1.82) is 0 Å². The van der Waals surface area contributed by atoms with Crippen molar-refractivity contribution < 1.29 is 9.21 Å². The number of nitrogens with one attached hydrogen (secondary N) is 2. The summed E-state index contributed by atoms with van der Waals surface area (Å²) in [6.07, 6.45) is 4.54. The predicted molar refractivity (Wildman–Crippen MR) is 91.0 cm³/mol. The van der Waals surface area contributed by atoms with Crippen molar-refractivity contribution in [2.75, 3.05) is 13.1 Å². The van der Waals surface area contributed by atoms with Crippen molar-refractivity contribution in [3.8, 4) is 10.8 Å². The van der Waals surface area contributed by atoms with Crippen molar-refractivity contribution >= 4 is 17.2 Å². The van der Waals surface area contributed by atoms with E-state index in [9.17, 15) is 4.79 Å². The van der Waals surface area contributed by atoms with Gasteiger partial charge in [-0.15, -0.1) is 11.3 Å². The zero-order chi connectivity index (χ0) is 16.1. The number of oxazole rings is 1. The number of hydrogen-bond donors (Lipinski definition) is 2. The lowest BCUT2D eigenvalue weighted by Gasteiger charge is -2.27. The van der Waals surface area contributed by atoms with Crippen LogP contribution >= 0.6 is 11.3 Å². The van der Waals surface area contributed by atoms with Crippen molar-refractivity contribution in [3.05, 3.63) is 29.5 Å². The highest BCUT2D eigenvalue weighted by molar-refractivity contribution is 7.13. The Bertz CT molecular complexity index is 618. The van der Waals surface area contributed by atoms with Crippen LogP contribution in [0.5, 0.6) is 0 Å². The molecule has 0 aromatic carbocycles. The second-order valence-corrected chi connectivity index (χ2v) is 7.11. The molecule has 1 saturated heterocycles. The first-order valence-electron chi connectivity index (χ1n) is 8.18. The van der Waals surface area contributed by atoms with Gasteiger partial charge < -0.3 is 15.1 Å². The Morgan fingerprint density at radius 2 is 2.35 bits per heavy atom. The molecule has 6 heteroatoms. The van der Waals surface area contributed by atoms with E-state index in [-0.39, 0.29) is 5.91 Å². The van der Waals surface area contributed by atoms with Crippen molar-refractivity contribution in [2.45, 2.75) is 32.7 Å². The van der Waals surface area contributed by atoms with E-state index in [0.29, 0.717) is 30.7 Å². The van der Waals surface area contributed by atoms with Gasteiger partial charge in [0.05, 0.1) is 17.1 Å². The number of carbonyl (C=O) groups excluding carboxylic acids is 1. The molecule has 5 nitrogen and oxygen atoms in total. The number of aromatic nitrogens is 1. The minimum atomic E-state index is 0.0942. The van der Waals surface area contributed by atoms with Crippen LogP contribution in [-0.2, 0) is 11.3 Å². The summed E-state index contributed by atoms with van der Waals surface area (Å²) < 4.78 is 5.46. The zero-order valence-corrected chi connectivity index (χ0v) is 14.2. The summed E-state index contributed by atoms with van der Waals surface area (Å²) in [4.78, 5) is 17.5. The van der Waals surface area contributed by atoms with E-state index in [1.54, 1.807) is 17.6 Å². The standard InChI is InChI=1S/C17H23N3O2S/c1-12(13-4-6-18-7-5-13)9-16(21)19-10-14-11-22-17(20-14)15-3-2-8-23-15/h2-3,8,11-13,18H,4-7,9-10H2,1H3,(H,19,21). The minimum Gasteiger partial charge on any atom is -0.443 e. The van der Waals surface area contributed by atoms with Gasteiger partial charge in [-0.25, -0.2) is 4.98 Å². The molecule has 2 aromatic rings.